The highest BCUT2D eigenvalue weighted by molar-refractivity contribution is 7.71. The van der Waals surface area contributed by atoms with Crippen LogP contribution in [-0.4, -0.2) is 9.55 Å². The summed E-state index contributed by atoms with van der Waals surface area (Å²) < 4.78 is 2.71. The first-order chi connectivity index (χ1) is 9.04. The van der Waals surface area contributed by atoms with Gasteiger partial charge in [-0.15, -0.1) is 0 Å². The molecule has 0 bridgehead atoms. The van der Waals surface area contributed by atoms with Crippen molar-refractivity contribution in [3.8, 4) is 5.69 Å². The first-order valence-electron chi connectivity index (χ1n) is 6.03. The number of aromatic nitrogens is 2. The molecule has 1 heterocycles. The van der Waals surface area contributed by atoms with Gasteiger partial charge in [-0.05, 0) is 67.5 Å². The van der Waals surface area contributed by atoms with E-state index in [0.717, 1.165) is 16.7 Å². The number of fused-ring (bicyclic) bond motifs is 1. The highest BCUT2D eigenvalue weighted by atomic mass is 35.5. The molecule has 0 atom stereocenters. The van der Waals surface area contributed by atoms with E-state index in [0.29, 0.717) is 9.79 Å². The molecule has 0 aliphatic rings. The molecule has 4 heteroatoms. The summed E-state index contributed by atoms with van der Waals surface area (Å²) in [7, 11) is 0. The molecule has 0 radical (unpaired) electrons. The Kier molecular flexibility index (Phi) is 2.96. The Labute approximate surface area is 121 Å². The van der Waals surface area contributed by atoms with Gasteiger partial charge in [0.2, 0.25) is 0 Å². The highest BCUT2D eigenvalue weighted by Crippen LogP contribution is 2.24. The average molecular weight is 289 g/mol. The van der Waals surface area contributed by atoms with Gasteiger partial charge in [-0.1, -0.05) is 17.7 Å². The van der Waals surface area contributed by atoms with E-state index in [9.17, 15) is 0 Å². The maximum absolute atomic E-state index is 6.09. The lowest BCUT2D eigenvalue weighted by molar-refractivity contribution is 1.06. The van der Waals surface area contributed by atoms with Crippen LogP contribution in [0.15, 0.2) is 36.4 Å². The second kappa shape index (κ2) is 4.51. The first kappa shape index (κ1) is 12.5. The summed E-state index contributed by atoms with van der Waals surface area (Å²) in [5.74, 6) is 0. The van der Waals surface area contributed by atoms with Crippen molar-refractivity contribution in [2.75, 3.05) is 0 Å². The molecular formula is C15H13ClN2S. The van der Waals surface area contributed by atoms with Gasteiger partial charge in [-0.25, -0.2) is 0 Å². The Morgan fingerprint density at radius 1 is 1.05 bits per heavy atom. The Balaban J connectivity index is 2.38. The SMILES string of the molecule is Cc1cc(C)cc(-n2c(=S)[nH]c3ccc(Cl)cc32)c1. The monoisotopic (exact) mass is 288 g/mol. The molecule has 0 aliphatic heterocycles. The summed E-state index contributed by atoms with van der Waals surface area (Å²) in [4.78, 5) is 3.21. The number of hydrogen-bond donors (Lipinski definition) is 1. The number of imidazole rings is 1. The fraction of sp³-hybridized carbons (Fsp3) is 0.133. The standard InChI is InChI=1S/C15H13ClN2S/c1-9-5-10(2)7-12(6-9)18-14-8-11(16)3-4-13(14)17-15(18)19/h3-8H,1-2H3,(H,17,19). The van der Waals surface area contributed by atoms with E-state index >= 15 is 0 Å². The molecule has 1 N–H and O–H groups in total. The molecule has 2 nitrogen and oxygen atoms in total. The maximum atomic E-state index is 6.09. The Morgan fingerprint density at radius 2 is 1.74 bits per heavy atom. The first-order valence-corrected chi connectivity index (χ1v) is 6.82. The number of halogens is 1. The summed E-state index contributed by atoms with van der Waals surface area (Å²) in [5, 5.41) is 0.708. The van der Waals surface area contributed by atoms with Crippen molar-refractivity contribution in [2.24, 2.45) is 0 Å². The van der Waals surface area contributed by atoms with E-state index in [4.69, 9.17) is 23.8 Å². The summed E-state index contributed by atoms with van der Waals surface area (Å²) in [6.07, 6.45) is 0. The molecular weight excluding hydrogens is 276 g/mol. The minimum absolute atomic E-state index is 0.683. The molecule has 96 valence electrons. The van der Waals surface area contributed by atoms with E-state index in [2.05, 4.69) is 37.0 Å². The van der Waals surface area contributed by atoms with Crippen molar-refractivity contribution in [3.63, 3.8) is 0 Å². The number of nitrogens with one attached hydrogen (secondary N) is 1. The summed E-state index contributed by atoms with van der Waals surface area (Å²) in [6.45, 7) is 4.17. The smallest absolute Gasteiger partial charge is 0.182 e. The van der Waals surface area contributed by atoms with Crippen molar-refractivity contribution < 1.29 is 0 Å². The van der Waals surface area contributed by atoms with Crippen LogP contribution in [0, 0.1) is 18.6 Å². The molecule has 0 unspecified atom stereocenters. The molecule has 1 aromatic heterocycles. The molecule has 0 saturated heterocycles. The Hall–Kier alpha value is -1.58. The van der Waals surface area contributed by atoms with Crippen LogP contribution in [-0.2, 0) is 0 Å². The van der Waals surface area contributed by atoms with E-state index in [1.54, 1.807) is 0 Å². The molecule has 3 rings (SSSR count). The fourth-order valence-corrected chi connectivity index (χ4v) is 2.89. The lowest BCUT2D eigenvalue weighted by atomic mass is 10.1. The number of rotatable bonds is 1. The molecule has 0 amide bonds. The minimum atomic E-state index is 0.683. The highest BCUT2D eigenvalue weighted by Gasteiger charge is 2.07. The second-order valence-corrected chi connectivity index (χ2v) is 5.60. The molecule has 0 spiro atoms. The van der Waals surface area contributed by atoms with Gasteiger partial charge in [0.15, 0.2) is 4.77 Å². The topological polar surface area (TPSA) is 20.7 Å². The van der Waals surface area contributed by atoms with Crippen LogP contribution in [0.3, 0.4) is 0 Å². The number of nitrogens with zero attached hydrogens (tertiary/aromatic N) is 1. The quantitative estimate of drug-likeness (QED) is 0.628. The van der Waals surface area contributed by atoms with Gasteiger partial charge in [0.1, 0.15) is 0 Å². The predicted molar refractivity (Wildman–Crippen MR) is 82.9 cm³/mol. The Bertz CT molecular complexity index is 810. The Morgan fingerprint density at radius 3 is 2.42 bits per heavy atom. The number of hydrogen-bond acceptors (Lipinski definition) is 1. The van der Waals surface area contributed by atoms with E-state index in [1.807, 2.05) is 22.8 Å². The number of H-pyrrole nitrogens is 1. The molecule has 2 aromatic carbocycles. The molecule has 3 aromatic rings. The maximum Gasteiger partial charge on any atom is 0.182 e. The second-order valence-electron chi connectivity index (χ2n) is 4.77. The van der Waals surface area contributed by atoms with Crippen molar-refractivity contribution in [2.45, 2.75) is 13.8 Å². The summed E-state index contributed by atoms with van der Waals surface area (Å²) in [6, 6.07) is 12.1. The van der Waals surface area contributed by atoms with Crippen LogP contribution >= 0.6 is 23.8 Å². The summed E-state index contributed by atoms with van der Waals surface area (Å²) >= 11 is 11.5. The van der Waals surface area contributed by atoms with Crippen LogP contribution in [0.4, 0.5) is 0 Å². The fourth-order valence-electron chi connectivity index (χ4n) is 2.41. The van der Waals surface area contributed by atoms with E-state index in [-0.39, 0.29) is 0 Å². The van der Waals surface area contributed by atoms with Crippen molar-refractivity contribution in [3.05, 3.63) is 57.3 Å². The number of benzene rings is 2. The minimum Gasteiger partial charge on any atom is -0.330 e. The van der Waals surface area contributed by atoms with Crippen molar-refractivity contribution >= 4 is 34.9 Å². The van der Waals surface area contributed by atoms with Crippen molar-refractivity contribution in [1.29, 1.82) is 0 Å². The van der Waals surface area contributed by atoms with Gasteiger partial charge in [-0.2, -0.15) is 0 Å². The van der Waals surface area contributed by atoms with Gasteiger partial charge in [0.25, 0.3) is 0 Å². The lowest BCUT2D eigenvalue weighted by Gasteiger charge is -2.07. The zero-order valence-electron chi connectivity index (χ0n) is 10.7. The van der Waals surface area contributed by atoms with Gasteiger partial charge >= 0.3 is 0 Å². The average Bonchev–Trinajstić information content (AvgIpc) is 2.63. The van der Waals surface area contributed by atoms with Gasteiger partial charge < -0.3 is 4.98 Å². The van der Waals surface area contributed by atoms with Crippen molar-refractivity contribution in [1.82, 2.24) is 9.55 Å². The number of aryl methyl sites for hydroxylation is 2. The van der Waals surface area contributed by atoms with Crippen LogP contribution < -0.4 is 0 Å². The molecule has 0 fully saturated rings. The molecule has 0 aliphatic carbocycles. The van der Waals surface area contributed by atoms with E-state index < -0.39 is 0 Å². The third-order valence-electron chi connectivity index (χ3n) is 3.11. The molecule has 19 heavy (non-hydrogen) atoms. The normalized spacial score (nSPS) is 11.1. The third kappa shape index (κ3) is 2.20. The zero-order valence-corrected chi connectivity index (χ0v) is 12.3. The number of aromatic amines is 1. The lowest BCUT2D eigenvalue weighted by Crippen LogP contribution is -1.95. The van der Waals surface area contributed by atoms with Crippen LogP contribution in [0.2, 0.25) is 5.02 Å². The van der Waals surface area contributed by atoms with Gasteiger partial charge in [-0.3, -0.25) is 4.57 Å². The van der Waals surface area contributed by atoms with Crippen LogP contribution in [0.1, 0.15) is 11.1 Å². The molecule has 0 saturated carbocycles. The van der Waals surface area contributed by atoms with Crippen LogP contribution in [0.5, 0.6) is 0 Å². The van der Waals surface area contributed by atoms with Gasteiger partial charge in [0, 0.05) is 10.7 Å². The van der Waals surface area contributed by atoms with E-state index in [1.165, 1.54) is 11.1 Å². The third-order valence-corrected chi connectivity index (χ3v) is 3.63. The zero-order chi connectivity index (χ0) is 13.6. The van der Waals surface area contributed by atoms with Gasteiger partial charge in [0.05, 0.1) is 11.0 Å². The summed E-state index contributed by atoms with van der Waals surface area (Å²) in [5.41, 5.74) is 5.49. The van der Waals surface area contributed by atoms with Crippen LogP contribution in [0.25, 0.3) is 16.7 Å². The largest absolute Gasteiger partial charge is 0.330 e. The predicted octanol–water partition coefficient (Wildman–Crippen LogP) is 4.96.